The average molecular weight is 359 g/mol. The molecule has 1 fully saturated rings. The Morgan fingerprint density at radius 2 is 1.90 bits per heavy atom. The second-order valence-corrected chi connectivity index (χ2v) is 8.53. The lowest BCUT2D eigenvalue weighted by atomic mass is 10.0. The van der Waals surface area contributed by atoms with Gasteiger partial charge in [0.1, 0.15) is 0 Å². The van der Waals surface area contributed by atoms with Crippen molar-refractivity contribution in [2.75, 3.05) is 24.8 Å². The number of unbranched alkanes of at least 4 members (excludes halogenated alkanes) is 3. The third-order valence-corrected chi connectivity index (χ3v) is 6.56. The van der Waals surface area contributed by atoms with Crippen LogP contribution < -0.4 is 5.09 Å². The molecule has 0 aromatic rings. The van der Waals surface area contributed by atoms with E-state index in [1.807, 2.05) is 0 Å². The molecular weight excluding hydrogens is 330 g/mol. The van der Waals surface area contributed by atoms with Gasteiger partial charge in [-0.05, 0) is 19.8 Å². The highest BCUT2D eigenvalue weighted by molar-refractivity contribution is 7.54. The monoisotopic (exact) mass is 358 g/mol. The van der Waals surface area contributed by atoms with Gasteiger partial charge in [0.05, 0.1) is 6.10 Å². The van der Waals surface area contributed by atoms with E-state index in [-0.39, 0.29) is 12.1 Å². The quantitative estimate of drug-likeness (QED) is 0.351. The number of halogens is 2. The summed E-state index contributed by atoms with van der Waals surface area (Å²) in [7, 11) is -3.01. The van der Waals surface area contributed by atoms with Gasteiger partial charge in [-0.3, -0.25) is 4.57 Å². The molecule has 0 bridgehead atoms. The maximum Gasteiger partial charge on any atom is 0.344 e. The molecule has 0 aromatic carbocycles. The van der Waals surface area contributed by atoms with Crippen molar-refractivity contribution in [1.29, 1.82) is 0 Å². The molecule has 1 aliphatic rings. The van der Waals surface area contributed by atoms with E-state index in [0.717, 1.165) is 19.3 Å². The fourth-order valence-electron chi connectivity index (χ4n) is 2.69. The third-order valence-electron chi connectivity index (χ3n) is 3.73. The molecule has 1 N–H and O–H groups in total. The van der Waals surface area contributed by atoms with Gasteiger partial charge >= 0.3 is 7.67 Å². The van der Waals surface area contributed by atoms with Crippen LogP contribution in [0.15, 0.2) is 0 Å². The van der Waals surface area contributed by atoms with Crippen molar-refractivity contribution in [3.8, 4) is 0 Å². The fraction of sp³-hybridized carbons (Fsp3) is 1.00. The predicted octanol–water partition coefficient (Wildman–Crippen LogP) is 4.61. The minimum Gasteiger partial charge on any atom is -0.303 e. The summed E-state index contributed by atoms with van der Waals surface area (Å²) < 4.78 is 20.8. The van der Waals surface area contributed by atoms with Crippen LogP contribution in [-0.2, 0) is 9.09 Å². The van der Waals surface area contributed by atoms with Gasteiger partial charge in [-0.2, -0.15) is 0 Å². The van der Waals surface area contributed by atoms with Gasteiger partial charge in [-0.25, -0.2) is 9.76 Å². The Bertz CT molecular complexity index is 328. The first-order chi connectivity index (χ1) is 10.1. The molecule has 0 radical (unpaired) electrons. The maximum absolute atomic E-state index is 13.1. The molecule has 0 aromatic heterocycles. The first-order valence-electron chi connectivity index (χ1n) is 7.99. The van der Waals surface area contributed by atoms with Crippen LogP contribution in [0.1, 0.15) is 52.4 Å². The molecule has 21 heavy (non-hydrogen) atoms. The number of rotatable bonds is 10. The molecule has 3 unspecified atom stereocenters. The summed E-state index contributed by atoms with van der Waals surface area (Å²) in [6.45, 7) is 5.31. The van der Waals surface area contributed by atoms with Gasteiger partial charge in [-0.1, -0.05) is 32.6 Å². The average Bonchev–Trinajstić information content (AvgIpc) is 2.42. The molecule has 7 heteroatoms. The molecule has 0 amide bonds. The van der Waals surface area contributed by atoms with Gasteiger partial charge in [0.25, 0.3) is 0 Å². The Balaban J connectivity index is 2.61. The van der Waals surface area contributed by atoms with Crippen molar-refractivity contribution in [2.24, 2.45) is 0 Å². The summed E-state index contributed by atoms with van der Waals surface area (Å²) in [5, 5.41) is 3.14. The minimum absolute atomic E-state index is 0.0668. The SMILES string of the molecule is CCCCCCC1CC(C)NP(=O)(N(CCCl)CCCl)O1. The fourth-order valence-corrected chi connectivity index (χ4v) is 5.67. The smallest absolute Gasteiger partial charge is 0.303 e. The van der Waals surface area contributed by atoms with E-state index in [0.29, 0.717) is 24.8 Å². The number of nitrogens with zero attached hydrogens (tertiary/aromatic N) is 1. The number of nitrogens with one attached hydrogen (secondary N) is 1. The maximum atomic E-state index is 13.1. The Morgan fingerprint density at radius 1 is 1.24 bits per heavy atom. The van der Waals surface area contributed by atoms with Crippen molar-refractivity contribution >= 4 is 30.9 Å². The first-order valence-corrected chi connectivity index (χ1v) is 10.6. The molecule has 3 atom stereocenters. The molecule has 0 saturated carbocycles. The van der Waals surface area contributed by atoms with Crippen molar-refractivity contribution in [3.05, 3.63) is 0 Å². The summed E-state index contributed by atoms with van der Waals surface area (Å²) in [6, 6.07) is 0.189. The molecule has 1 saturated heterocycles. The lowest BCUT2D eigenvalue weighted by Crippen LogP contribution is -2.43. The van der Waals surface area contributed by atoms with E-state index < -0.39 is 7.67 Å². The van der Waals surface area contributed by atoms with Gasteiger partial charge in [0.2, 0.25) is 0 Å². The lowest BCUT2D eigenvalue weighted by Gasteiger charge is -2.40. The molecule has 0 aliphatic carbocycles. The zero-order valence-corrected chi connectivity index (χ0v) is 15.6. The zero-order chi connectivity index (χ0) is 15.7. The van der Waals surface area contributed by atoms with Crippen LogP contribution in [0.3, 0.4) is 0 Å². The van der Waals surface area contributed by atoms with Crippen LogP contribution in [0.2, 0.25) is 0 Å². The third kappa shape index (κ3) is 6.76. The van der Waals surface area contributed by atoms with E-state index in [4.69, 9.17) is 27.7 Å². The summed E-state index contributed by atoms with van der Waals surface area (Å²) in [4.78, 5) is 0. The largest absolute Gasteiger partial charge is 0.344 e. The Labute approximate surface area is 139 Å². The molecule has 126 valence electrons. The summed E-state index contributed by atoms with van der Waals surface area (Å²) in [6.07, 6.45) is 6.78. The highest BCUT2D eigenvalue weighted by Crippen LogP contribution is 2.52. The zero-order valence-electron chi connectivity index (χ0n) is 13.2. The van der Waals surface area contributed by atoms with E-state index >= 15 is 0 Å². The molecule has 1 heterocycles. The minimum atomic E-state index is -3.01. The molecule has 1 aliphatic heterocycles. The van der Waals surface area contributed by atoms with Crippen molar-refractivity contribution in [2.45, 2.75) is 64.5 Å². The molecule has 4 nitrogen and oxygen atoms in total. The van der Waals surface area contributed by atoms with Crippen LogP contribution in [0.4, 0.5) is 0 Å². The number of hydrogen-bond acceptors (Lipinski definition) is 2. The van der Waals surface area contributed by atoms with E-state index in [9.17, 15) is 4.57 Å². The van der Waals surface area contributed by atoms with Gasteiger partial charge in [-0.15, -0.1) is 23.2 Å². The van der Waals surface area contributed by atoms with Gasteiger partial charge in [0, 0.05) is 30.9 Å². The predicted molar refractivity (Wildman–Crippen MR) is 91.5 cm³/mol. The van der Waals surface area contributed by atoms with Crippen LogP contribution in [0.5, 0.6) is 0 Å². The highest BCUT2D eigenvalue weighted by atomic mass is 35.5. The Kier molecular flexibility index (Phi) is 9.83. The van der Waals surface area contributed by atoms with Crippen LogP contribution in [0.25, 0.3) is 0 Å². The number of alkyl halides is 2. The van der Waals surface area contributed by atoms with Gasteiger partial charge in [0.15, 0.2) is 0 Å². The first kappa shape index (κ1) is 19.7. The summed E-state index contributed by atoms with van der Waals surface area (Å²) in [5.74, 6) is 0.836. The Hall–Kier alpha value is 0.690. The summed E-state index contributed by atoms with van der Waals surface area (Å²) in [5.41, 5.74) is 0. The number of hydrogen-bond donors (Lipinski definition) is 1. The molecular formula is C14H29Cl2N2O2P. The van der Waals surface area contributed by atoms with E-state index in [1.54, 1.807) is 4.67 Å². The van der Waals surface area contributed by atoms with E-state index in [2.05, 4.69) is 18.9 Å². The van der Waals surface area contributed by atoms with Gasteiger partial charge < -0.3 is 4.52 Å². The molecule has 0 spiro atoms. The van der Waals surface area contributed by atoms with Crippen molar-refractivity contribution < 1.29 is 9.09 Å². The normalized spacial score (nSPS) is 30.0. The van der Waals surface area contributed by atoms with Crippen molar-refractivity contribution in [3.63, 3.8) is 0 Å². The van der Waals surface area contributed by atoms with Crippen LogP contribution >= 0.6 is 30.9 Å². The van der Waals surface area contributed by atoms with Crippen LogP contribution in [-0.4, -0.2) is 41.7 Å². The Morgan fingerprint density at radius 3 is 2.48 bits per heavy atom. The lowest BCUT2D eigenvalue weighted by molar-refractivity contribution is 0.121. The summed E-state index contributed by atoms with van der Waals surface area (Å²) >= 11 is 11.6. The van der Waals surface area contributed by atoms with Crippen LogP contribution in [0, 0.1) is 0 Å². The second-order valence-electron chi connectivity index (χ2n) is 5.69. The second kappa shape index (κ2) is 10.5. The topological polar surface area (TPSA) is 41.6 Å². The standard InChI is InChI=1S/C14H29Cl2N2O2P/c1-3-4-5-6-7-14-12-13(2)17-21(19,20-14)18(10-8-15)11-9-16/h13-14H,3-12H2,1-2H3,(H,17,19). The van der Waals surface area contributed by atoms with Crippen molar-refractivity contribution in [1.82, 2.24) is 9.76 Å². The highest BCUT2D eigenvalue weighted by Gasteiger charge is 2.39. The molecule has 1 rings (SSSR count). The van der Waals surface area contributed by atoms with E-state index in [1.165, 1.54) is 19.3 Å².